The number of carbonyl (C=O) groups is 1. The minimum absolute atomic E-state index is 0.206. The van der Waals surface area contributed by atoms with Gasteiger partial charge in [-0.2, -0.15) is 0 Å². The van der Waals surface area contributed by atoms with Gasteiger partial charge >= 0.3 is 5.97 Å². The summed E-state index contributed by atoms with van der Waals surface area (Å²) >= 11 is -0.454. The molecule has 0 bridgehead atoms. The maximum Gasteiger partial charge on any atom is 0.343 e. The molecule has 0 saturated carbocycles. The van der Waals surface area contributed by atoms with Crippen LogP contribution >= 0.6 is 11.2 Å². The molecule has 1 saturated heterocycles. The van der Waals surface area contributed by atoms with Crippen LogP contribution in [0.25, 0.3) is 0 Å². The summed E-state index contributed by atoms with van der Waals surface area (Å²) in [7, 11) is 0. The molecule has 1 aliphatic heterocycles. The minimum atomic E-state index is -0.454. The van der Waals surface area contributed by atoms with E-state index in [4.69, 9.17) is 4.18 Å². The van der Waals surface area contributed by atoms with E-state index in [1.54, 1.807) is 6.92 Å². The third-order valence-corrected chi connectivity index (χ3v) is 3.93. The molecular weight excluding hydrogens is 172 g/mol. The van der Waals surface area contributed by atoms with Crippen LogP contribution in [0.3, 0.4) is 0 Å². The summed E-state index contributed by atoms with van der Waals surface area (Å²) in [5, 5.41) is 0. The Bertz CT molecular complexity index is 183. The third kappa shape index (κ3) is 2.89. The highest BCUT2D eigenvalue weighted by molar-refractivity contribution is 8.13. The van der Waals surface area contributed by atoms with Crippen LogP contribution in [0.5, 0.6) is 0 Å². The summed E-state index contributed by atoms with van der Waals surface area (Å²) in [5.74, 6) is 1.98. The number of hydrogen-bond acceptors (Lipinski definition) is 2. The van der Waals surface area contributed by atoms with Crippen molar-refractivity contribution >= 4 is 17.1 Å². The van der Waals surface area contributed by atoms with Crippen molar-refractivity contribution in [3.05, 3.63) is 12.2 Å². The Morgan fingerprint density at radius 2 is 1.92 bits per heavy atom. The maximum atomic E-state index is 11.1. The summed E-state index contributed by atoms with van der Waals surface area (Å²) in [4.78, 5) is 11.1. The molecule has 0 aromatic carbocycles. The fraction of sp³-hybridized carbons (Fsp3) is 0.667. The first-order valence-corrected chi connectivity index (χ1v) is 5.96. The van der Waals surface area contributed by atoms with E-state index in [0.717, 1.165) is 11.5 Å². The van der Waals surface area contributed by atoms with E-state index in [0.29, 0.717) is 5.57 Å². The van der Waals surface area contributed by atoms with Crippen molar-refractivity contribution in [2.45, 2.75) is 26.2 Å². The van der Waals surface area contributed by atoms with Crippen molar-refractivity contribution in [1.82, 2.24) is 0 Å². The second-order valence-corrected chi connectivity index (χ2v) is 5.19. The molecule has 0 spiro atoms. The van der Waals surface area contributed by atoms with Gasteiger partial charge in [0.15, 0.2) is 0 Å². The van der Waals surface area contributed by atoms with E-state index in [2.05, 4.69) is 6.58 Å². The minimum Gasteiger partial charge on any atom is -0.415 e. The highest BCUT2D eigenvalue weighted by Crippen LogP contribution is 2.34. The van der Waals surface area contributed by atoms with Crippen LogP contribution in [0.4, 0.5) is 0 Å². The maximum absolute atomic E-state index is 11.1. The van der Waals surface area contributed by atoms with Crippen LogP contribution in [-0.2, 0) is 8.98 Å². The van der Waals surface area contributed by atoms with E-state index in [9.17, 15) is 4.79 Å². The van der Waals surface area contributed by atoms with Crippen LogP contribution < -0.4 is 0 Å². The van der Waals surface area contributed by atoms with Gasteiger partial charge in [0.25, 0.3) is 0 Å². The summed E-state index contributed by atoms with van der Waals surface area (Å²) in [5.41, 5.74) is 0.517. The highest BCUT2D eigenvalue weighted by atomic mass is 32.2. The lowest BCUT2D eigenvalue weighted by molar-refractivity contribution is -0.129. The van der Waals surface area contributed by atoms with Crippen molar-refractivity contribution in [3.8, 4) is 0 Å². The molecule has 0 radical (unpaired) electrons. The zero-order valence-electron chi connectivity index (χ0n) is 7.51. The summed E-state index contributed by atoms with van der Waals surface area (Å²) in [6.07, 6.45) is 3.73. The fourth-order valence-corrected chi connectivity index (χ4v) is 3.10. The van der Waals surface area contributed by atoms with Gasteiger partial charge in [-0.1, -0.05) is 13.0 Å². The monoisotopic (exact) mass is 188 g/mol. The predicted octanol–water partition coefficient (Wildman–Crippen LogP) is 2.21. The molecular formula is C9H16O2S. The van der Waals surface area contributed by atoms with Gasteiger partial charge in [-0.3, -0.25) is 0 Å². The molecule has 0 aromatic rings. The average Bonchev–Trinajstić information content (AvgIpc) is 2.06. The molecule has 1 fully saturated rings. The molecule has 0 aliphatic carbocycles. The van der Waals surface area contributed by atoms with Crippen LogP contribution in [0.15, 0.2) is 12.2 Å². The zero-order chi connectivity index (χ0) is 8.97. The molecule has 3 heteroatoms. The Morgan fingerprint density at radius 1 is 1.33 bits per heavy atom. The first-order valence-electron chi connectivity index (χ1n) is 4.33. The van der Waals surface area contributed by atoms with Gasteiger partial charge in [0, 0.05) is 17.1 Å². The van der Waals surface area contributed by atoms with Crippen LogP contribution in [0, 0.1) is 0 Å². The molecule has 0 atom stereocenters. The lowest BCUT2D eigenvalue weighted by atomic mass is 10.3. The van der Waals surface area contributed by atoms with Gasteiger partial charge in [-0.15, -0.1) is 11.2 Å². The molecule has 1 rings (SSSR count). The second kappa shape index (κ2) is 4.55. The predicted molar refractivity (Wildman–Crippen MR) is 53.5 cm³/mol. The third-order valence-electron chi connectivity index (χ3n) is 1.88. The Hall–Kier alpha value is -0.440. The van der Waals surface area contributed by atoms with Crippen LogP contribution in [0.1, 0.15) is 26.2 Å². The van der Waals surface area contributed by atoms with E-state index < -0.39 is 11.2 Å². The quantitative estimate of drug-likeness (QED) is 0.531. The molecule has 1 aliphatic rings. The van der Waals surface area contributed by atoms with Gasteiger partial charge in [-0.25, -0.2) is 4.79 Å². The van der Waals surface area contributed by atoms with Crippen LogP contribution in [-0.4, -0.2) is 17.5 Å². The summed E-state index contributed by atoms with van der Waals surface area (Å²) < 4.78 is 5.28. The summed E-state index contributed by atoms with van der Waals surface area (Å²) in [6, 6.07) is 0. The largest absolute Gasteiger partial charge is 0.415 e. The lowest BCUT2D eigenvalue weighted by Crippen LogP contribution is -2.10. The Kier molecular flexibility index (Phi) is 3.66. The van der Waals surface area contributed by atoms with Crippen LogP contribution in [0.2, 0.25) is 0 Å². The van der Waals surface area contributed by atoms with Crippen molar-refractivity contribution in [1.29, 1.82) is 0 Å². The Morgan fingerprint density at radius 3 is 2.42 bits per heavy atom. The standard InChI is InChI=1S/C9H16O2S/c1-8(2)9(10)11-12-6-4-3-5-7-12/h12H,1,3-7H2,2H3. The zero-order valence-corrected chi connectivity index (χ0v) is 8.40. The molecule has 1 heterocycles. The molecule has 0 unspecified atom stereocenters. The van der Waals surface area contributed by atoms with Gasteiger partial charge in [0.1, 0.15) is 0 Å². The molecule has 0 aromatic heterocycles. The normalized spacial score (nSPS) is 20.2. The first-order chi connectivity index (χ1) is 5.70. The van der Waals surface area contributed by atoms with E-state index in [-0.39, 0.29) is 5.97 Å². The van der Waals surface area contributed by atoms with Crippen molar-refractivity contribution in [2.24, 2.45) is 0 Å². The van der Waals surface area contributed by atoms with E-state index in [1.807, 2.05) is 0 Å². The van der Waals surface area contributed by atoms with Crippen molar-refractivity contribution in [3.63, 3.8) is 0 Å². The topological polar surface area (TPSA) is 26.3 Å². The lowest BCUT2D eigenvalue weighted by Gasteiger charge is -2.25. The van der Waals surface area contributed by atoms with Gasteiger partial charge in [-0.05, 0) is 19.8 Å². The molecule has 0 amide bonds. The van der Waals surface area contributed by atoms with Crippen molar-refractivity contribution in [2.75, 3.05) is 11.5 Å². The highest BCUT2D eigenvalue weighted by Gasteiger charge is 2.14. The second-order valence-electron chi connectivity index (χ2n) is 3.15. The molecule has 0 N–H and O–H groups in total. The number of hydrogen-bond donors (Lipinski definition) is 1. The Labute approximate surface area is 76.5 Å². The average molecular weight is 188 g/mol. The van der Waals surface area contributed by atoms with E-state index >= 15 is 0 Å². The van der Waals surface area contributed by atoms with Gasteiger partial charge in [0.05, 0.1) is 0 Å². The number of rotatable bonds is 2. The summed E-state index contributed by atoms with van der Waals surface area (Å²) in [6.45, 7) is 5.25. The molecule has 12 heavy (non-hydrogen) atoms. The smallest absolute Gasteiger partial charge is 0.343 e. The number of thiol groups is 1. The molecule has 2 nitrogen and oxygen atoms in total. The van der Waals surface area contributed by atoms with Gasteiger partial charge in [0.2, 0.25) is 0 Å². The number of carbonyl (C=O) groups excluding carboxylic acids is 1. The Balaban J connectivity index is 2.29. The molecule has 70 valence electrons. The van der Waals surface area contributed by atoms with Gasteiger partial charge < -0.3 is 4.18 Å². The SMILES string of the molecule is C=C(C)C(=O)O[SH]1CCCCC1. The van der Waals surface area contributed by atoms with Crippen molar-refractivity contribution < 1.29 is 8.98 Å². The van der Waals surface area contributed by atoms with E-state index in [1.165, 1.54) is 19.3 Å². The first kappa shape index (κ1) is 9.65. The fourth-order valence-electron chi connectivity index (χ4n) is 1.15.